The zero-order chi connectivity index (χ0) is 18.1. The zero-order valence-corrected chi connectivity index (χ0v) is 15.2. The van der Waals surface area contributed by atoms with Crippen molar-refractivity contribution in [2.24, 2.45) is 10.4 Å². The van der Waals surface area contributed by atoms with Gasteiger partial charge in [-0.2, -0.15) is 0 Å². The molecule has 1 aromatic rings. The van der Waals surface area contributed by atoms with Crippen molar-refractivity contribution in [3.8, 4) is 0 Å². The SMILES string of the molecule is CCNC(=NCC1(CCOC)CCC1)NCC(O)c1ccc(F)cc1. The summed E-state index contributed by atoms with van der Waals surface area (Å²) in [4.78, 5) is 4.71. The largest absolute Gasteiger partial charge is 0.387 e. The lowest BCUT2D eigenvalue weighted by molar-refractivity contribution is 0.0778. The van der Waals surface area contributed by atoms with Crippen LogP contribution in [0.15, 0.2) is 29.3 Å². The number of hydrogen-bond acceptors (Lipinski definition) is 3. The van der Waals surface area contributed by atoms with Crippen LogP contribution in [0.4, 0.5) is 4.39 Å². The van der Waals surface area contributed by atoms with Crippen molar-refractivity contribution in [1.82, 2.24) is 10.6 Å². The number of ether oxygens (including phenoxy) is 1. The number of methoxy groups -OCH3 is 1. The molecule has 2 rings (SSSR count). The Bertz CT molecular complexity index is 544. The maximum Gasteiger partial charge on any atom is 0.191 e. The molecule has 1 aliphatic rings. The highest BCUT2D eigenvalue weighted by molar-refractivity contribution is 5.79. The van der Waals surface area contributed by atoms with Gasteiger partial charge in [0.05, 0.1) is 6.10 Å². The summed E-state index contributed by atoms with van der Waals surface area (Å²) in [5, 5.41) is 16.6. The second-order valence-electron chi connectivity index (χ2n) is 6.74. The van der Waals surface area contributed by atoms with Gasteiger partial charge in [0.25, 0.3) is 0 Å². The van der Waals surface area contributed by atoms with Crippen molar-refractivity contribution in [2.45, 2.75) is 38.7 Å². The molecule has 3 N–H and O–H groups in total. The van der Waals surface area contributed by atoms with Crippen LogP contribution in [-0.2, 0) is 4.74 Å². The van der Waals surface area contributed by atoms with Crippen molar-refractivity contribution in [1.29, 1.82) is 0 Å². The van der Waals surface area contributed by atoms with E-state index in [1.165, 1.54) is 31.4 Å². The lowest BCUT2D eigenvalue weighted by Gasteiger charge is -2.40. The van der Waals surface area contributed by atoms with Crippen LogP contribution in [0.25, 0.3) is 0 Å². The normalized spacial score (nSPS) is 17.7. The van der Waals surface area contributed by atoms with E-state index in [2.05, 4.69) is 10.6 Å². The molecule has 6 heteroatoms. The maximum atomic E-state index is 13.0. The summed E-state index contributed by atoms with van der Waals surface area (Å²) >= 11 is 0. The molecule has 0 heterocycles. The molecule has 1 saturated carbocycles. The average molecular weight is 351 g/mol. The van der Waals surface area contributed by atoms with Gasteiger partial charge in [-0.15, -0.1) is 0 Å². The van der Waals surface area contributed by atoms with Crippen molar-refractivity contribution in [3.05, 3.63) is 35.6 Å². The fraction of sp³-hybridized carbons (Fsp3) is 0.632. The molecule has 1 unspecified atom stereocenters. The fourth-order valence-electron chi connectivity index (χ4n) is 3.07. The van der Waals surface area contributed by atoms with E-state index in [0.29, 0.717) is 18.1 Å². The van der Waals surface area contributed by atoms with Crippen LogP contribution in [0.1, 0.15) is 44.3 Å². The predicted molar refractivity (Wildman–Crippen MR) is 98.1 cm³/mol. The van der Waals surface area contributed by atoms with E-state index in [9.17, 15) is 9.50 Å². The molecule has 5 nitrogen and oxygen atoms in total. The Morgan fingerprint density at radius 1 is 1.32 bits per heavy atom. The minimum Gasteiger partial charge on any atom is -0.387 e. The highest BCUT2D eigenvalue weighted by Crippen LogP contribution is 2.44. The van der Waals surface area contributed by atoms with Gasteiger partial charge in [0.1, 0.15) is 5.82 Å². The van der Waals surface area contributed by atoms with Gasteiger partial charge in [0.2, 0.25) is 0 Å². The highest BCUT2D eigenvalue weighted by Gasteiger charge is 2.36. The second-order valence-corrected chi connectivity index (χ2v) is 6.74. The van der Waals surface area contributed by atoms with Gasteiger partial charge >= 0.3 is 0 Å². The quantitative estimate of drug-likeness (QED) is 0.473. The van der Waals surface area contributed by atoms with Gasteiger partial charge in [0, 0.05) is 33.4 Å². The minimum absolute atomic E-state index is 0.258. The molecule has 0 spiro atoms. The molecule has 140 valence electrons. The van der Waals surface area contributed by atoms with Gasteiger partial charge in [-0.25, -0.2) is 4.39 Å². The molecule has 0 radical (unpaired) electrons. The van der Waals surface area contributed by atoms with E-state index in [1.807, 2.05) is 6.92 Å². The Morgan fingerprint density at radius 2 is 2.04 bits per heavy atom. The van der Waals surface area contributed by atoms with Crippen molar-refractivity contribution < 1.29 is 14.2 Å². The monoisotopic (exact) mass is 351 g/mol. The highest BCUT2D eigenvalue weighted by atomic mass is 19.1. The van der Waals surface area contributed by atoms with Crippen molar-refractivity contribution in [3.63, 3.8) is 0 Å². The molecular formula is C19H30FN3O2. The average Bonchev–Trinajstić information content (AvgIpc) is 2.58. The van der Waals surface area contributed by atoms with Gasteiger partial charge in [-0.05, 0) is 49.3 Å². The van der Waals surface area contributed by atoms with Gasteiger partial charge in [-0.1, -0.05) is 18.6 Å². The Labute approximate surface area is 149 Å². The van der Waals surface area contributed by atoms with Crippen molar-refractivity contribution in [2.75, 3.05) is 33.4 Å². The predicted octanol–water partition coefficient (Wildman–Crippen LogP) is 2.62. The first kappa shape index (κ1) is 19.7. The number of benzene rings is 1. The summed E-state index contributed by atoms with van der Waals surface area (Å²) in [6.07, 6.45) is 3.96. The first-order chi connectivity index (χ1) is 12.1. The molecule has 1 fully saturated rings. The Balaban J connectivity index is 1.89. The number of aliphatic hydroxyl groups is 1. The fourth-order valence-corrected chi connectivity index (χ4v) is 3.07. The summed E-state index contributed by atoms with van der Waals surface area (Å²) in [5.74, 6) is 0.396. The number of rotatable bonds is 9. The number of hydrogen-bond donors (Lipinski definition) is 3. The number of aliphatic imine (C=N–C) groups is 1. The molecule has 1 atom stereocenters. The van der Waals surface area contributed by atoms with Crippen LogP contribution < -0.4 is 10.6 Å². The molecule has 25 heavy (non-hydrogen) atoms. The van der Waals surface area contributed by atoms with E-state index in [0.717, 1.165) is 26.1 Å². The van der Waals surface area contributed by atoms with Crippen LogP contribution >= 0.6 is 0 Å². The Hall–Kier alpha value is -1.66. The standard InChI is InChI=1S/C19H30FN3O2/c1-3-21-18(23-14-19(9-4-10-19)11-12-25-2)22-13-17(24)15-5-7-16(20)8-6-15/h5-8,17,24H,3-4,9-14H2,1-2H3,(H2,21,22,23). The third kappa shape index (κ3) is 5.97. The van der Waals surface area contributed by atoms with Crippen LogP contribution in [0.2, 0.25) is 0 Å². The molecule has 0 aliphatic heterocycles. The Kier molecular flexibility index (Phi) is 7.65. The zero-order valence-electron chi connectivity index (χ0n) is 15.2. The Morgan fingerprint density at radius 3 is 2.60 bits per heavy atom. The maximum absolute atomic E-state index is 13.0. The van der Waals surface area contributed by atoms with Gasteiger partial charge in [0.15, 0.2) is 5.96 Å². The number of halogens is 1. The van der Waals surface area contributed by atoms with E-state index < -0.39 is 6.10 Å². The number of guanidine groups is 1. The third-order valence-electron chi connectivity index (χ3n) is 4.89. The smallest absolute Gasteiger partial charge is 0.191 e. The third-order valence-corrected chi connectivity index (χ3v) is 4.89. The minimum atomic E-state index is -0.712. The van der Waals surface area contributed by atoms with E-state index >= 15 is 0 Å². The summed E-state index contributed by atoms with van der Waals surface area (Å²) in [5.41, 5.74) is 0.939. The number of nitrogens with zero attached hydrogens (tertiary/aromatic N) is 1. The van der Waals surface area contributed by atoms with E-state index in [4.69, 9.17) is 9.73 Å². The summed E-state index contributed by atoms with van der Waals surface area (Å²) in [6.45, 7) is 4.62. The first-order valence-electron chi connectivity index (χ1n) is 9.03. The van der Waals surface area contributed by atoms with Gasteiger partial charge in [-0.3, -0.25) is 4.99 Å². The topological polar surface area (TPSA) is 65.9 Å². The van der Waals surface area contributed by atoms with Crippen LogP contribution in [-0.4, -0.2) is 44.4 Å². The van der Waals surface area contributed by atoms with Crippen LogP contribution in [0.3, 0.4) is 0 Å². The molecule has 0 aromatic heterocycles. The van der Waals surface area contributed by atoms with E-state index in [1.54, 1.807) is 19.2 Å². The summed E-state index contributed by atoms with van der Waals surface area (Å²) in [6, 6.07) is 5.90. The molecule has 0 amide bonds. The lowest BCUT2D eigenvalue weighted by Crippen LogP contribution is -2.41. The van der Waals surface area contributed by atoms with Crippen LogP contribution in [0, 0.1) is 11.2 Å². The molecule has 0 saturated heterocycles. The molecule has 1 aliphatic carbocycles. The van der Waals surface area contributed by atoms with Crippen molar-refractivity contribution >= 4 is 5.96 Å². The first-order valence-corrected chi connectivity index (χ1v) is 9.03. The van der Waals surface area contributed by atoms with E-state index in [-0.39, 0.29) is 11.2 Å². The summed E-state index contributed by atoms with van der Waals surface area (Å²) < 4.78 is 18.2. The summed E-state index contributed by atoms with van der Waals surface area (Å²) in [7, 11) is 1.73. The number of aliphatic hydroxyl groups excluding tert-OH is 1. The van der Waals surface area contributed by atoms with Gasteiger partial charge < -0.3 is 20.5 Å². The molecular weight excluding hydrogens is 321 g/mol. The molecule has 0 bridgehead atoms. The second kappa shape index (κ2) is 9.73. The van der Waals surface area contributed by atoms with Crippen LogP contribution in [0.5, 0.6) is 0 Å². The number of nitrogens with one attached hydrogen (secondary N) is 2. The lowest BCUT2D eigenvalue weighted by atomic mass is 9.67. The molecule has 1 aromatic carbocycles.